The Kier molecular flexibility index (Phi) is 41.5. The van der Waals surface area contributed by atoms with Gasteiger partial charge < -0.3 is 19.3 Å². The van der Waals surface area contributed by atoms with Crippen molar-refractivity contribution in [3.63, 3.8) is 0 Å². The minimum absolute atomic E-state index is 0.207. The highest BCUT2D eigenvalue weighted by Crippen LogP contribution is 2.36. The van der Waals surface area contributed by atoms with Crippen LogP contribution in [-0.2, 0) is 28.2 Å². The van der Waals surface area contributed by atoms with Gasteiger partial charge in [0.1, 0.15) is 6.61 Å². The molecule has 0 aliphatic carbocycles. The molecule has 0 saturated carbocycles. The van der Waals surface area contributed by atoms with Crippen molar-refractivity contribution in [2.24, 2.45) is 0 Å². The molecule has 0 saturated heterocycles. The number of hydrogen-bond donors (Lipinski definition) is 2. The van der Waals surface area contributed by atoms with Crippen LogP contribution in [0.5, 0.6) is 0 Å². The Labute approximate surface area is 344 Å². The molecule has 2 N–H and O–H groups in total. The molecular weight excluding hydrogens is 723 g/mol. The second kappa shape index (κ2) is 42.9. The molecule has 328 valence electrons. The highest BCUT2D eigenvalue weighted by atomic mass is 31.2. The molecule has 0 unspecified atom stereocenters. The molecule has 56 heavy (non-hydrogen) atoms. The summed E-state index contributed by atoms with van der Waals surface area (Å²) in [5, 5.41) is 0. The quantitative estimate of drug-likeness (QED) is 0.0270. The molecule has 0 aromatic heterocycles. The van der Waals surface area contributed by atoms with Crippen molar-refractivity contribution in [2.45, 2.75) is 238 Å². The summed E-state index contributed by atoms with van der Waals surface area (Å²) in [5.41, 5.74) is 0. The number of phosphoric acid groups is 1. The smallest absolute Gasteiger partial charge is 0.462 e. The second-order valence-corrected chi connectivity index (χ2v) is 17.0. The first-order chi connectivity index (χ1) is 27.3. The van der Waals surface area contributed by atoms with Gasteiger partial charge in [-0.25, -0.2) is 4.57 Å². The lowest BCUT2D eigenvalue weighted by Gasteiger charge is -2.18. The SMILES string of the molecule is CCCCC/C=C\C/C=C\CCCCCCCCCCCC(=O)OC[C@H](COP(=O)(O)O)OC(=O)CCCCCCCCC/C=C\CCCCCCCCCC. The first-order valence-corrected chi connectivity index (χ1v) is 24.8. The highest BCUT2D eigenvalue weighted by molar-refractivity contribution is 7.46. The Morgan fingerprint density at radius 1 is 0.464 bits per heavy atom. The summed E-state index contributed by atoms with van der Waals surface area (Å²) in [6.45, 7) is 3.68. The van der Waals surface area contributed by atoms with Crippen LogP contribution in [0.1, 0.15) is 232 Å². The molecule has 0 fully saturated rings. The third-order valence-corrected chi connectivity index (χ3v) is 10.6. The van der Waals surface area contributed by atoms with Crippen molar-refractivity contribution in [1.82, 2.24) is 0 Å². The van der Waals surface area contributed by atoms with E-state index in [0.717, 1.165) is 64.2 Å². The molecule has 0 heterocycles. The monoisotopic (exact) mass is 811 g/mol. The number of carbonyl (C=O) groups excluding carboxylic acids is 2. The molecule has 0 spiro atoms. The van der Waals surface area contributed by atoms with Crippen LogP contribution >= 0.6 is 7.82 Å². The maximum atomic E-state index is 12.4. The van der Waals surface area contributed by atoms with Gasteiger partial charge in [0, 0.05) is 12.8 Å². The molecule has 8 nitrogen and oxygen atoms in total. The second-order valence-electron chi connectivity index (χ2n) is 15.7. The summed E-state index contributed by atoms with van der Waals surface area (Å²) in [7, 11) is -4.76. The summed E-state index contributed by atoms with van der Waals surface area (Å²) in [6, 6.07) is 0. The number of carbonyl (C=O) groups is 2. The van der Waals surface area contributed by atoms with E-state index < -0.39 is 32.5 Å². The summed E-state index contributed by atoms with van der Waals surface area (Å²) in [5.74, 6) is -0.887. The van der Waals surface area contributed by atoms with Crippen LogP contribution in [0.15, 0.2) is 36.5 Å². The molecule has 0 aliphatic rings. The van der Waals surface area contributed by atoms with Gasteiger partial charge in [0.25, 0.3) is 0 Å². The molecule has 9 heteroatoms. The van der Waals surface area contributed by atoms with Crippen LogP contribution in [0.25, 0.3) is 0 Å². The minimum atomic E-state index is -4.76. The van der Waals surface area contributed by atoms with Gasteiger partial charge in [0.2, 0.25) is 0 Å². The van der Waals surface area contributed by atoms with E-state index in [9.17, 15) is 14.2 Å². The predicted octanol–water partition coefficient (Wildman–Crippen LogP) is 14.5. The van der Waals surface area contributed by atoms with Crippen LogP contribution in [0.2, 0.25) is 0 Å². The lowest BCUT2D eigenvalue weighted by molar-refractivity contribution is -0.161. The lowest BCUT2D eigenvalue weighted by atomic mass is 10.1. The van der Waals surface area contributed by atoms with Crippen LogP contribution in [-0.4, -0.2) is 41.0 Å². The zero-order valence-corrected chi connectivity index (χ0v) is 37.2. The minimum Gasteiger partial charge on any atom is -0.462 e. The maximum absolute atomic E-state index is 12.4. The largest absolute Gasteiger partial charge is 0.469 e. The number of phosphoric ester groups is 1. The average molecular weight is 811 g/mol. The van der Waals surface area contributed by atoms with E-state index in [4.69, 9.17) is 19.3 Å². The molecule has 0 aromatic rings. The average Bonchev–Trinajstić information content (AvgIpc) is 3.17. The molecule has 0 radical (unpaired) electrons. The molecule has 0 amide bonds. The summed E-state index contributed by atoms with van der Waals surface area (Å²) >= 11 is 0. The van der Waals surface area contributed by atoms with Crippen molar-refractivity contribution in [2.75, 3.05) is 13.2 Å². The van der Waals surface area contributed by atoms with E-state index in [0.29, 0.717) is 6.42 Å². The first kappa shape index (κ1) is 54.3. The molecule has 1 atom stereocenters. The van der Waals surface area contributed by atoms with Gasteiger partial charge in [0.05, 0.1) is 6.61 Å². The van der Waals surface area contributed by atoms with Crippen molar-refractivity contribution in [3.8, 4) is 0 Å². The van der Waals surface area contributed by atoms with Crippen LogP contribution in [0.4, 0.5) is 0 Å². The van der Waals surface area contributed by atoms with Gasteiger partial charge in [-0.1, -0.05) is 185 Å². The predicted molar refractivity (Wildman–Crippen MR) is 235 cm³/mol. The van der Waals surface area contributed by atoms with Crippen LogP contribution < -0.4 is 0 Å². The Bertz CT molecular complexity index is 1000. The lowest BCUT2D eigenvalue weighted by Crippen LogP contribution is -2.29. The maximum Gasteiger partial charge on any atom is 0.469 e. The van der Waals surface area contributed by atoms with Gasteiger partial charge in [-0.3, -0.25) is 14.1 Å². The standard InChI is InChI=1S/C47H87O8P/c1-3-5-7-9-11-13-15-17-19-21-23-25-27-29-31-33-35-37-39-41-46(48)53-43-45(44-54-56(50,51)52)55-47(49)42-40-38-36-34-32-30-28-26-24-22-20-18-16-14-12-10-8-6-4-2/h11,13,17,19,22,24,45H,3-10,12,14-16,18,20-21,23,25-44H2,1-2H3,(H2,50,51,52)/b13-11-,19-17-,24-22-/t45-/m1/s1. The summed E-state index contributed by atoms with van der Waals surface area (Å²) in [4.78, 5) is 43.0. The number of rotatable bonds is 43. The Morgan fingerprint density at radius 2 is 0.804 bits per heavy atom. The third kappa shape index (κ3) is 45.0. The van der Waals surface area contributed by atoms with Crippen molar-refractivity contribution < 1.29 is 37.9 Å². The Balaban J connectivity index is 3.87. The van der Waals surface area contributed by atoms with Gasteiger partial charge >= 0.3 is 19.8 Å². The number of hydrogen-bond acceptors (Lipinski definition) is 6. The van der Waals surface area contributed by atoms with Gasteiger partial charge in [-0.2, -0.15) is 0 Å². The normalized spacial score (nSPS) is 12.7. The topological polar surface area (TPSA) is 119 Å². The van der Waals surface area contributed by atoms with E-state index >= 15 is 0 Å². The third-order valence-electron chi connectivity index (χ3n) is 10.1. The van der Waals surface area contributed by atoms with Crippen molar-refractivity contribution >= 4 is 19.8 Å². The molecule has 0 bridgehead atoms. The van der Waals surface area contributed by atoms with Gasteiger partial charge in [-0.15, -0.1) is 0 Å². The van der Waals surface area contributed by atoms with E-state index in [1.54, 1.807) is 0 Å². The summed E-state index contributed by atoms with van der Waals surface area (Å²) in [6.07, 6.45) is 51.5. The highest BCUT2D eigenvalue weighted by Gasteiger charge is 2.23. The molecule has 0 aliphatic heterocycles. The van der Waals surface area contributed by atoms with E-state index in [-0.39, 0.29) is 19.4 Å². The van der Waals surface area contributed by atoms with Crippen molar-refractivity contribution in [1.29, 1.82) is 0 Å². The molecule has 0 rings (SSSR count). The number of esters is 2. The zero-order valence-electron chi connectivity index (χ0n) is 36.3. The number of unbranched alkanes of at least 4 members (excludes halogenated alkanes) is 27. The van der Waals surface area contributed by atoms with Gasteiger partial charge in [-0.05, 0) is 70.6 Å². The van der Waals surface area contributed by atoms with Gasteiger partial charge in [0.15, 0.2) is 6.10 Å². The number of allylic oxidation sites excluding steroid dienone is 6. The molecule has 0 aromatic carbocycles. The molecular formula is C47H87O8P. The summed E-state index contributed by atoms with van der Waals surface area (Å²) < 4.78 is 26.5. The fraction of sp³-hybridized carbons (Fsp3) is 0.830. The van der Waals surface area contributed by atoms with Crippen LogP contribution in [0.3, 0.4) is 0 Å². The number of ether oxygens (including phenoxy) is 2. The zero-order chi connectivity index (χ0) is 41.1. The van der Waals surface area contributed by atoms with E-state index in [1.165, 1.54) is 135 Å². The van der Waals surface area contributed by atoms with Crippen LogP contribution in [0, 0.1) is 0 Å². The van der Waals surface area contributed by atoms with Crippen molar-refractivity contribution in [3.05, 3.63) is 36.5 Å². The Morgan fingerprint density at radius 3 is 1.23 bits per heavy atom. The van der Waals surface area contributed by atoms with E-state index in [2.05, 4.69) is 54.8 Å². The fourth-order valence-corrected chi connectivity index (χ4v) is 6.99. The Hall–Kier alpha value is -1.73. The van der Waals surface area contributed by atoms with E-state index in [1.807, 2.05) is 0 Å². The first-order valence-electron chi connectivity index (χ1n) is 23.3. The fourth-order valence-electron chi connectivity index (χ4n) is 6.63.